The summed E-state index contributed by atoms with van der Waals surface area (Å²) in [5, 5.41) is 15.9. The van der Waals surface area contributed by atoms with E-state index < -0.39 is 5.97 Å². The molecule has 0 spiro atoms. The summed E-state index contributed by atoms with van der Waals surface area (Å²) in [6, 6.07) is 6.86. The highest BCUT2D eigenvalue weighted by atomic mass is 32.1. The van der Waals surface area contributed by atoms with Crippen LogP contribution in [0.4, 0.5) is 5.13 Å². The number of benzene rings is 1. The lowest BCUT2D eigenvalue weighted by Gasteiger charge is -2.00. The van der Waals surface area contributed by atoms with Crippen LogP contribution >= 0.6 is 11.3 Å². The molecular formula is C15H15N3O3S. The number of anilines is 1. The maximum absolute atomic E-state index is 11.3. The van der Waals surface area contributed by atoms with Crippen molar-refractivity contribution in [3.8, 4) is 5.75 Å². The fourth-order valence-electron chi connectivity index (χ4n) is 1.44. The highest BCUT2D eigenvalue weighted by Gasteiger charge is 2.06. The number of aromatic nitrogens is 1. The number of phenolic OH excluding ortho intramolecular Hbond substituents is 1. The Morgan fingerprint density at radius 1 is 1.55 bits per heavy atom. The SMILES string of the molecule is C=C(C)C(=O)OCc1csc(N/N=C/c2ccccc2O)n1. The highest BCUT2D eigenvalue weighted by Crippen LogP contribution is 2.17. The molecule has 0 bridgehead atoms. The first-order valence-electron chi connectivity index (χ1n) is 6.40. The Hall–Kier alpha value is -2.67. The van der Waals surface area contributed by atoms with Crippen LogP contribution in [0, 0.1) is 0 Å². The molecule has 0 radical (unpaired) electrons. The minimum absolute atomic E-state index is 0.0903. The van der Waals surface area contributed by atoms with Gasteiger partial charge in [-0.15, -0.1) is 11.3 Å². The first-order valence-corrected chi connectivity index (χ1v) is 7.28. The predicted molar refractivity (Wildman–Crippen MR) is 86.0 cm³/mol. The fourth-order valence-corrected chi connectivity index (χ4v) is 2.08. The van der Waals surface area contributed by atoms with Crippen LogP contribution in [0.3, 0.4) is 0 Å². The first kappa shape index (κ1) is 15.7. The van der Waals surface area contributed by atoms with Gasteiger partial charge in [-0.1, -0.05) is 18.7 Å². The van der Waals surface area contributed by atoms with Gasteiger partial charge in [-0.05, 0) is 19.1 Å². The molecule has 7 heteroatoms. The zero-order valence-electron chi connectivity index (χ0n) is 11.9. The van der Waals surface area contributed by atoms with Crippen molar-refractivity contribution in [3.63, 3.8) is 0 Å². The molecule has 1 aromatic heterocycles. The number of hydrogen-bond acceptors (Lipinski definition) is 7. The highest BCUT2D eigenvalue weighted by molar-refractivity contribution is 7.13. The van der Waals surface area contributed by atoms with E-state index in [2.05, 4.69) is 22.1 Å². The van der Waals surface area contributed by atoms with Crippen molar-refractivity contribution < 1.29 is 14.6 Å². The van der Waals surface area contributed by atoms with Crippen molar-refractivity contribution in [2.24, 2.45) is 5.10 Å². The summed E-state index contributed by atoms with van der Waals surface area (Å²) in [5.41, 5.74) is 4.33. The molecule has 6 nitrogen and oxygen atoms in total. The summed E-state index contributed by atoms with van der Waals surface area (Å²) >= 11 is 1.34. The Morgan fingerprint density at radius 3 is 3.05 bits per heavy atom. The number of carbonyl (C=O) groups excluding carboxylic acids is 1. The van der Waals surface area contributed by atoms with Crippen LogP contribution in [0.25, 0.3) is 0 Å². The molecule has 0 atom stereocenters. The number of esters is 1. The van der Waals surface area contributed by atoms with Gasteiger partial charge in [0.2, 0.25) is 5.13 Å². The van der Waals surface area contributed by atoms with E-state index in [1.165, 1.54) is 17.6 Å². The number of thiazole rings is 1. The average molecular weight is 317 g/mol. The lowest BCUT2D eigenvalue weighted by atomic mass is 10.2. The van der Waals surface area contributed by atoms with E-state index in [1.54, 1.807) is 36.6 Å². The summed E-state index contributed by atoms with van der Waals surface area (Å²) in [6.07, 6.45) is 1.50. The summed E-state index contributed by atoms with van der Waals surface area (Å²) in [7, 11) is 0. The van der Waals surface area contributed by atoms with Gasteiger partial charge in [-0.25, -0.2) is 9.78 Å². The third kappa shape index (κ3) is 4.42. The third-order valence-electron chi connectivity index (χ3n) is 2.55. The summed E-state index contributed by atoms with van der Waals surface area (Å²) in [6.45, 7) is 5.18. The zero-order valence-corrected chi connectivity index (χ0v) is 12.8. The van der Waals surface area contributed by atoms with Gasteiger partial charge >= 0.3 is 5.97 Å². The maximum Gasteiger partial charge on any atom is 0.333 e. The van der Waals surface area contributed by atoms with Gasteiger partial charge in [-0.2, -0.15) is 5.10 Å². The molecule has 114 valence electrons. The second-order valence-corrected chi connectivity index (χ2v) is 5.29. The van der Waals surface area contributed by atoms with E-state index in [-0.39, 0.29) is 12.4 Å². The third-order valence-corrected chi connectivity index (χ3v) is 3.35. The molecule has 2 N–H and O–H groups in total. The van der Waals surface area contributed by atoms with Crippen LogP contribution in [0.2, 0.25) is 0 Å². The van der Waals surface area contributed by atoms with Gasteiger partial charge in [-0.3, -0.25) is 5.43 Å². The fraction of sp³-hybridized carbons (Fsp3) is 0.133. The number of aromatic hydroxyl groups is 1. The van der Waals surface area contributed by atoms with Gasteiger partial charge in [0.05, 0.1) is 11.9 Å². The average Bonchev–Trinajstić information content (AvgIpc) is 2.94. The van der Waals surface area contributed by atoms with Crippen molar-refractivity contribution in [1.82, 2.24) is 4.98 Å². The first-order chi connectivity index (χ1) is 10.6. The number of ether oxygens (including phenoxy) is 1. The number of nitrogens with one attached hydrogen (secondary N) is 1. The van der Waals surface area contributed by atoms with Crippen molar-refractivity contribution in [1.29, 1.82) is 0 Å². The molecular weight excluding hydrogens is 302 g/mol. The van der Waals surface area contributed by atoms with Crippen LogP contribution in [0.5, 0.6) is 5.75 Å². The molecule has 0 aliphatic rings. The van der Waals surface area contributed by atoms with Crippen molar-refractivity contribution >= 4 is 28.7 Å². The second kappa shape index (κ2) is 7.37. The maximum atomic E-state index is 11.3. The van der Waals surface area contributed by atoms with E-state index in [9.17, 15) is 9.90 Å². The molecule has 0 amide bonds. The van der Waals surface area contributed by atoms with Gasteiger partial charge in [0.15, 0.2) is 0 Å². The van der Waals surface area contributed by atoms with Crippen molar-refractivity contribution in [2.45, 2.75) is 13.5 Å². The molecule has 0 unspecified atom stereocenters. The van der Waals surface area contributed by atoms with E-state index in [1.807, 2.05) is 0 Å². The van der Waals surface area contributed by atoms with Crippen molar-refractivity contribution in [3.05, 3.63) is 53.1 Å². The topological polar surface area (TPSA) is 83.8 Å². The summed E-state index contributed by atoms with van der Waals surface area (Å²) < 4.78 is 5.00. The molecule has 0 aliphatic carbocycles. The Morgan fingerprint density at radius 2 is 2.32 bits per heavy atom. The number of para-hydroxylation sites is 1. The lowest BCUT2D eigenvalue weighted by molar-refractivity contribution is -0.140. The molecule has 22 heavy (non-hydrogen) atoms. The number of phenols is 1. The van der Waals surface area contributed by atoms with Gasteiger partial charge in [0, 0.05) is 16.5 Å². The molecule has 0 fully saturated rings. The number of carbonyl (C=O) groups is 1. The number of hydrazone groups is 1. The molecule has 1 heterocycles. The van der Waals surface area contributed by atoms with E-state index in [0.29, 0.717) is 22.0 Å². The Balaban J connectivity index is 1.88. The van der Waals surface area contributed by atoms with E-state index >= 15 is 0 Å². The monoisotopic (exact) mass is 317 g/mol. The smallest absolute Gasteiger partial charge is 0.333 e. The normalized spacial score (nSPS) is 10.6. The quantitative estimate of drug-likeness (QED) is 0.370. The van der Waals surface area contributed by atoms with Gasteiger partial charge in [0.25, 0.3) is 0 Å². The van der Waals surface area contributed by atoms with Crippen molar-refractivity contribution in [2.75, 3.05) is 5.43 Å². The molecule has 2 rings (SSSR count). The minimum Gasteiger partial charge on any atom is -0.507 e. The van der Waals surface area contributed by atoms with Crippen LogP contribution in [-0.4, -0.2) is 22.3 Å². The number of hydrogen-bond donors (Lipinski definition) is 2. The molecule has 0 aliphatic heterocycles. The molecule has 1 aromatic carbocycles. The second-order valence-electron chi connectivity index (χ2n) is 4.43. The largest absolute Gasteiger partial charge is 0.507 e. The van der Waals surface area contributed by atoms with Crippen LogP contribution in [0.1, 0.15) is 18.2 Å². The molecule has 0 saturated carbocycles. The van der Waals surface area contributed by atoms with Crippen LogP contribution < -0.4 is 5.43 Å². The predicted octanol–water partition coefficient (Wildman–Crippen LogP) is 2.91. The van der Waals surface area contributed by atoms with Gasteiger partial charge in [0.1, 0.15) is 12.4 Å². The Bertz CT molecular complexity index is 710. The summed E-state index contributed by atoms with van der Waals surface area (Å²) in [4.78, 5) is 15.5. The summed E-state index contributed by atoms with van der Waals surface area (Å²) in [5.74, 6) is -0.292. The van der Waals surface area contributed by atoms with Gasteiger partial charge < -0.3 is 9.84 Å². The minimum atomic E-state index is -0.444. The van der Waals surface area contributed by atoms with Crippen LogP contribution in [-0.2, 0) is 16.1 Å². The Labute approximate surface area is 131 Å². The molecule has 2 aromatic rings. The number of nitrogens with zero attached hydrogens (tertiary/aromatic N) is 2. The standard InChI is InChI=1S/C15H15N3O3S/c1-10(2)14(20)21-8-12-9-22-15(17-12)18-16-7-11-5-3-4-6-13(11)19/h3-7,9,19H,1,8H2,2H3,(H,17,18)/b16-7+. The van der Waals surface area contributed by atoms with E-state index in [0.717, 1.165) is 0 Å². The number of rotatable bonds is 6. The van der Waals surface area contributed by atoms with Crippen LogP contribution in [0.15, 0.2) is 46.9 Å². The zero-order chi connectivity index (χ0) is 15.9. The van der Waals surface area contributed by atoms with E-state index in [4.69, 9.17) is 4.74 Å². The lowest BCUT2D eigenvalue weighted by Crippen LogP contribution is -2.05. The Kier molecular flexibility index (Phi) is 5.26. The molecule has 0 saturated heterocycles.